The molecular weight excluding hydrogens is 905 g/mol. The maximum atomic E-state index is 13.8. The van der Waals surface area contributed by atoms with Crippen molar-refractivity contribution in [1.29, 1.82) is 0 Å². The van der Waals surface area contributed by atoms with Crippen molar-refractivity contribution in [2.75, 3.05) is 13.7 Å². The summed E-state index contributed by atoms with van der Waals surface area (Å²) in [6.45, 7) is 4.52. The van der Waals surface area contributed by atoms with Gasteiger partial charge >= 0.3 is 11.9 Å². The van der Waals surface area contributed by atoms with E-state index in [1.165, 1.54) is 13.0 Å². The Morgan fingerprint density at radius 1 is 0.725 bits per heavy atom. The van der Waals surface area contributed by atoms with E-state index in [2.05, 4.69) is 5.32 Å². The van der Waals surface area contributed by atoms with Crippen LogP contribution in [0.15, 0.2) is 85.1 Å². The van der Waals surface area contributed by atoms with E-state index in [1.807, 2.05) is 13.0 Å². The Hall–Kier alpha value is -3.97. The van der Waals surface area contributed by atoms with Crippen LogP contribution in [0.4, 0.5) is 0 Å². The number of amides is 1. The maximum absolute atomic E-state index is 13.8. The van der Waals surface area contributed by atoms with Crippen molar-refractivity contribution in [3.8, 4) is 0 Å². The zero-order valence-corrected chi connectivity index (χ0v) is 39.8. The van der Waals surface area contributed by atoms with Crippen LogP contribution in [0.3, 0.4) is 0 Å². The predicted octanol–water partition coefficient (Wildman–Crippen LogP) is -0.330. The molecule has 3 heterocycles. The van der Waals surface area contributed by atoms with Crippen molar-refractivity contribution in [3.05, 3.63) is 85.1 Å². The Kier molecular flexibility index (Phi) is 25.8. The third kappa shape index (κ3) is 21.1. The number of esters is 2. The second-order valence-electron chi connectivity index (χ2n) is 18.1. The van der Waals surface area contributed by atoms with Crippen LogP contribution < -0.4 is 11.1 Å². The van der Waals surface area contributed by atoms with Crippen molar-refractivity contribution in [1.82, 2.24) is 5.32 Å². The van der Waals surface area contributed by atoms with E-state index in [0.29, 0.717) is 0 Å². The molecule has 0 aliphatic carbocycles. The average molecular weight is 981 g/mol. The number of ether oxygens (including phenoxy) is 5. The number of allylic oxidation sites excluding steroid dienone is 12. The number of fused-ring (bicyclic) bond motifs is 2. The lowest BCUT2D eigenvalue weighted by Gasteiger charge is -2.45. The summed E-state index contributed by atoms with van der Waals surface area (Å²) in [6.07, 6.45) is 4.45. The van der Waals surface area contributed by atoms with Gasteiger partial charge in [0.2, 0.25) is 5.91 Å². The summed E-state index contributed by atoms with van der Waals surface area (Å²) in [6, 6.07) is -2.31. The highest BCUT2D eigenvalue weighted by atomic mass is 16.7. The number of hydrogen-bond acceptors (Lipinski definition) is 19. The van der Waals surface area contributed by atoms with Gasteiger partial charge < -0.3 is 85.8 Å². The van der Waals surface area contributed by atoms with Crippen LogP contribution in [0.2, 0.25) is 0 Å². The van der Waals surface area contributed by atoms with Crippen LogP contribution in [0.25, 0.3) is 0 Å². The van der Waals surface area contributed by atoms with E-state index in [-0.39, 0.29) is 44.6 Å². The fraction of sp³-hybridized carbons (Fsp3) is 0.653. The molecule has 20 nitrogen and oxygen atoms in total. The quantitative estimate of drug-likeness (QED) is 0.157. The Morgan fingerprint density at radius 2 is 1.32 bits per heavy atom. The standard InChI is InChI=1S/C49H76N2O18/c1-29-17-15-13-11-9-7-5-6-8-10-12-14-16-18-35(68-48-45(61)44(50)40(59)28-66-48)25-41-43(46(62)51-31(3)47(63)65-4)39(58)27-49(64,69-41)26-34(54)23-38(57)36(55)20-19-32(52)22-33(53)24-42(60)67-30(2)21-37(29)56/h5-18,29-41,43-45,48,52-59,61,64H,19-28,50H2,1-4H3,(H,51,62)/b6-5+,9-7+,10-8+,13-11+,14-12+,17-15+,18-16+/t29-,30-,31-,32?,33?,34?,35?,36?,37-,38?,39-,40+,41-,43?,44-,45-,48-,49?/m0/s1. The van der Waals surface area contributed by atoms with Crippen molar-refractivity contribution < 1.29 is 89.1 Å². The first-order chi connectivity index (χ1) is 32.6. The molecule has 13 N–H and O–H groups in total. The van der Waals surface area contributed by atoms with Crippen molar-refractivity contribution in [2.45, 2.75) is 176 Å². The van der Waals surface area contributed by atoms with Crippen molar-refractivity contribution in [3.63, 3.8) is 0 Å². The van der Waals surface area contributed by atoms with Gasteiger partial charge in [0.05, 0.1) is 93.1 Å². The van der Waals surface area contributed by atoms with Crippen molar-refractivity contribution in [2.24, 2.45) is 17.6 Å². The van der Waals surface area contributed by atoms with Gasteiger partial charge in [-0.2, -0.15) is 0 Å². The molecule has 0 aromatic carbocycles. The first-order valence-corrected chi connectivity index (χ1v) is 23.4. The number of cyclic esters (lactones) is 1. The zero-order valence-electron chi connectivity index (χ0n) is 39.8. The van der Waals surface area contributed by atoms with E-state index in [1.54, 1.807) is 79.8 Å². The molecule has 8 unspecified atom stereocenters. The van der Waals surface area contributed by atoms with E-state index >= 15 is 0 Å². The van der Waals surface area contributed by atoms with Crippen LogP contribution >= 0.6 is 0 Å². The first kappa shape index (κ1) is 59.3. The molecule has 0 aromatic rings. The van der Waals surface area contributed by atoms with Crippen LogP contribution in [0, 0.1) is 11.8 Å². The molecule has 2 bridgehead atoms. The Balaban J connectivity index is 1.92. The zero-order chi connectivity index (χ0) is 51.3. The predicted molar refractivity (Wildman–Crippen MR) is 250 cm³/mol. The van der Waals surface area contributed by atoms with Gasteiger partial charge in [0.1, 0.15) is 18.2 Å². The third-order valence-corrected chi connectivity index (χ3v) is 12.0. The average Bonchev–Trinajstić information content (AvgIpc) is 3.26. The summed E-state index contributed by atoms with van der Waals surface area (Å²) >= 11 is 0. The molecule has 2 fully saturated rings. The lowest BCUT2D eigenvalue weighted by Crippen LogP contribution is -2.60. The lowest BCUT2D eigenvalue weighted by molar-refractivity contribution is -0.304. The first-order valence-electron chi connectivity index (χ1n) is 23.4. The van der Waals surface area contributed by atoms with Gasteiger partial charge in [-0.25, -0.2) is 4.79 Å². The van der Waals surface area contributed by atoms with Crippen LogP contribution in [-0.4, -0.2) is 180 Å². The number of aliphatic hydroxyl groups excluding tert-OH is 9. The highest BCUT2D eigenvalue weighted by molar-refractivity contribution is 5.86. The largest absolute Gasteiger partial charge is 0.467 e. The Bertz CT molecular complexity index is 1790. The molecule has 0 radical (unpaired) electrons. The highest BCUT2D eigenvalue weighted by Gasteiger charge is 2.51. The lowest BCUT2D eigenvalue weighted by atomic mass is 9.82. The smallest absolute Gasteiger partial charge is 0.328 e. The summed E-state index contributed by atoms with van der Waals surface area (Å²) in [5.41, 5.74) is 5.99. The summed E-state index contributed by atoms with van der Waals surface area (Å²) in [7, 11) is 1.13. The molecule has 0 spiro atoms. The van der Waals surface area contributed by atoms with E-state index < -0.39 is 147 Å². The molecular formula is C49H76N2O18. The molecule has 3 aliphatic heterocycles. The molecule has 3 aliphatic rings. The van der Waals surface area contributed by atoms with Gasteiger partial charge in [-0.05, 0) is 33.1 Å². The van der Waals surface area contributed by atoms with E-state index in [9.17, 15) is 65.4 Å². The molecule has 0 aromatic heterocycles. The molecule has 3 rings (SSSR count). The van der Waals surface area contributed by atoms with Gasteiger partial charge in [0.25, 0.3) is 0 Å². The van der Waals surface area contributed by atoms with Gasteiger partial charge in [0.15, 0.2) is 12.1 Å². The minimum absolute atomic E-state index is 0.116. The molecule has 69 heavy (non-hydrogen) atoms. The van der Waals surface area contributed by atoms with Crippen LogP contribution in [-0.2, 0) is 38.1 Å². The summed E-state index contributed by atoms with van der Waals surface area (Å²) in [5.74, 6) is -6.45. The monoisotopic (exact) mass is 981 g/mol. The fourth-order valence-electron chi connectivity index (χ4n) is 8.06. The molecule has 2 saturated heterocycles. The van der Waals surface area contributed by atoms with Gasteiger partial charge in [0, 0.05) is 38.0 Å². The number of aliphatic hydroxyl groups is 10. The minimum atomic E-state index is -2.35. The normalized spacial score (nSPS) is 41.7. The number of carbonyl (C=O) groups excluding carboxylic acids is 3. The maximum Gasteiger partial charge on any atom is 0.328 e. The molecule has 20 heteroatoms. The summed E-state index contributed by atoms with van der Waals surface area (Å²) in [4.78, 5) is 38.5. The summed E-state index contributed by atoms with van der Waals surface area (Å²) < 4.78 is 27.9. The van der Waals surface area contributed by atoms with Crippen LogP contribution in [0.5, 0.6) is 0 Å². The topological polar surface area (TPSA) is 338 Å². The second-order valence-corrected chi connectivity index (χ2v) is 18.1. The fourth-order valence-corrected chi connectivity index (χ4v) is 8.06. The van der Waals surface area contributed by atoms with Crippen LogP contribution in [0.1, 0.15) is 78.6 Å². The Labute approximate surface area is 403 Å². The number of carbonyl (C=O) groups is 3. The molecule has 390 valence electrons. The Morgan fingerprint density at radius 3 is 1.93 bits per heavy atom. The number of nitrogens with one attached hydrogen (secondary N) is 1. The number of nitrogens with two attached hydrogens (primary N) is 1. The molecule has 0 saturated carbocycles. The van der Waals surface area contributed by atoms with Gasteiger partial charge in [-0.3, -0.25) is 9.59 Å². The summed E-state index contributed by atoms with van der Waals surface area (Å²) in [5, 5.41) is 111. The molecule has 18 atom stereocenters. The van der Waals surface area contributed by atoms with Gasteiger partial charge in [-0.15, -0.1) is 0 Å². The van der Waals surface area contributed by atoms with E-state index in [0.717, 1.165) is 7.11 Å². The van der Waals surface area contributed by atoms with E-state index in [4.69, 9.17) is 29.4 Å². The molecule has 1 amide bonds. The number of rotatable bonds is 5. The van der Waals surface area contributed by atoms with Gasteiger partial charge in [-0.1, -0.05) is 92.0 Å². The number of hydrogen-bond donors (Lipinski definition) is 12. The second kappa shape index (κ2) is 30.0. The third-order valence-electron chi connectivity index (χ3n) is 12.0. The SMILES string of the molecule is COC(=O)[C@H](C)NC(=O)C1[C@@H]2CC(O[C@@H]3OC[C@@H](O)[C@H](N)[C@@H]3O)/C=C/C=C/C=C/C=C/C=C/C=C/C=C/[C@H](C)[C@@H](O)C[C@H](C)OC(=O)CC(O)CC(O)CCC(O)C(O)CC(O)CC(O)(C[C@@H]1O)O2. The minimum Gasteiger partial charge on any atom is -0.467 e. The number of methoxy groups -OCH3 is 1. The van der Waals surface area contributed by atoms with Crippen molar-refractivity contribution >= 4 is 17.8 Å². The highest BCUT2D eigenvalue weighted by Crippen LogP contribution is 2.38.